The Morgan fingerprint density at radius 2 is 1.82 bits per heavy atom. The van der Waals surface area contributed by atoms with E-state index >= 15 is 0 Å². The SMILES string of the molecule is C[C@@H](NC(=O)c1nc(C2CCN(C(=O)C3COC3)CC2)no1)c1ccc(-c2cc(C(F)(F)F)ccc2CN)cc1. The molecule has 0 spiro atoms. The summed E-state index contributed by atoms with van der Waals surface area (Å²) in [6, 6.07) is 9.96. The van der Waals surface area contributed by atoms with Crippen LogP contribution in [0.4, 0.5) is 13.2 Å². The van der Waals surface area contributed by atoms with Crippen LogP contribution in [0.15, 0.2) is 47.0 Å². The minimum Gasteiger partial charge on any atom is -0.380 e. The predicted octanol–water partition coefficient (Wildman–Crippen LogP) is 4.06. The number of carbonyl (C=O) groups excluding carboxylic acids is 2. The minimum atomic E-state index is -4.46. The van der Waals surface area contributed by atoms with E-state index in [2.05, 4.69) is 15.5 Å². The van der Waals surface area contributed by atoms with Crippen molar-refractivity contribution in [1.82, 2.24) is 20.4 Å². The summed E-state index contributed by atoms with van der Waals surface area (Å²) in [5.74, 6) is -0.172. The number of rotatable bonds is 7. The summed E-state index contributed by atoms with van der Waals surface area (Å²) >= 11 is 0. The van der Waals surface area contributed by atoms with E-state index in [1.54, 1.807) is 31.2 Å². The molecule has 3 N–H and O–H groups in total. The van der Waals surface area contributed by atoms with E-state index in [0.29, 0.717) is 61.7 Å². The van der Waals surface area contributed by atoms with Crippen molar-refractivity contribution in [2.24, 2.45) is 11.7 Å². The van der Waals surface area contributed by atoms with Crippen LogP contribution in [0.1, 0.15) is 64.9 Å². The van der Waals surface area contributed by atoms with Gasteiger partial charge >= 0.3 is 18.0 Å². The topological polar surface area (TPSA) is 124 Å². The minimum absolute atomic E-state index is 0.00813. The molecule has 0 unspecified atom stereocenters. The fraction of sp³-hybridized carbons (Fsp3) is 0.429. The maximum atomic E-state index is 13.2. The lowest BCUT2D eigenvalue weighted by Crippen LogP contribution is -2.47. The Morgan fingerprint density at radius 3 is 2.42 bits per heavy atom. The summed E-state index contributed by atoms with van der Waals surface area (Å²) in [6.45, 7) is 4.03. The van der Waals surface area contributed by atoms with Gasteiger partial charge in [-0.1, -0.05) is 35.5 Å². The van der Waals surface area contributed by atoms with Gasteiger partial charge < -0.3 is 25.2 Å². The van der Waals surface area contributed by atoms with Crippen molar-refractivity contribution in [1.29, 1.82) is 0 Å². The largest absolute Gasteiger partial charge is 0.416 e. The number of halogens is 3. The van der Waals surface area contributed by atoms with E-state index in [9.17, 15) is 22.8 Å². The second-order valence-electron chi connectivity index (χ2n) is 10.2. The van der Waals surface area contributed by atoms with Crippen LogP contribution < -0.4 is 11.1 Å². The van der Waals surface area contributed by atoms with Crippen molar-refractivity contribution in [2.75, 3.05) is 26.3 Å². The maximum absolute atomic E-state index is 13.2. The molecule has 12 heteroatoms. The zero-order valence-corrected chi connectivity index (χ0v) is 21.9. The molecule has 0 saturated carbocycles. The highest BCUT2D eigenvalue weighted by Gasteiger charge is 2.34. The molecular formula is C28H30F3N5O4. The standard InChI is InChI=1S/C28H30F3N5O4/c1-16(17-2-4-18(5-3-17)23-12-22(28(29,30)31)7-6-20(23)13-32)33-25(37)26-34-24(35-40-26)19-8-10-36(11-9-19)27(38)21-14-39-15-21/h2-7,12,16,19,21H,8-11,13-15,32H2,1H3,(H,33,37)/t16-/m1/s1. The summed E-state index contributed by atoms with van der Waals surface area (Å²) < 4.78 is 50.0. The Kier molecular flexibility index (Phi) is 7.90. The van der Waals surface area contributed by atoms with E-state index < -0.39 is 23.7 Å². The first-order valence-electron chi connectivity index (χ1n) is 13.2. The van der Waals surface area contributed by atoms with Crippen molar-refractivity contribution in [2.45, 2.75) is 44.4 Å². The van der Waals surface area contributed by atoms with E-state index in [0.717, 1.165) is 17.7 Å². The van der Waals surface area contributed by atoms with Crippen LogP contribution in [0.5, 0.6) is 0 Å². The number of likely N-dealkylation sites (tertiary alicyclic amines) is 1. The first-order chi connectivity index (χ1) is 19.1. The molecule has 0 radical (unpaired) electrons. The molecule has 2 saturated heterocycles. The number of aromatic nitrogens is 2. The number of alkyl halides is 3. The maximum Gasteiger partial charge on any atom is 0.416 e. The number of hydrogen-bond acceptors (Lipinski definition) is 7. The van der Waals surface area contributed by atoms with Crippen molar-refractivity contribution < 1.29 is 32.0 Å². The molecule has 3 aromatic rings. The highest BCUT2D eigenvalue weighted by Crippen LogP contribution is 2.34. The lowest BCUT2D eigenvalue weighted by molar-refractivity contribution is -0.151. The van der Waals surface area contributed by atoms with Crippen LogP contribution >= 0.6 is 0 Å². The van der Waals surface area contributed by atoms with E-state index in [4.69, 9.17) is 15.0 Å². The highest BCUT2D eigenvalue weighted by atomic mass is 19.4. The number of hydrogen-bond donors (Lipinski definition) is 2. The highest BCUT2D eigenvalue weighted by molar-refractivity contribution is 5.89. The molecule has 0 aliphatic carbocycles. The Morgan fingerprint density at radius 1 is 1.12 bits per heavy atom. The molecule has 1 atom stereocenters. The summed E-state index contributed by atoms with van der Waals surface area (Å²) in [5.41, 5.74) is 7.34. The number of piperidine rings is 1. The van der Waals surface area contributed by atoms with E-state index in [1.165, 1.54) is 6.07 Å². The van der Waals surface area contributed by atoms with Crippen LogP contribution in [0.25, 0.3) is 11.1 Å². The molecule has 2 aliphatic heterocycles. The van der Waals surface area contributed by atoms with Crippen LogP contribution in [-0.4, -0.2) is 53.2 Å². The molecule has 2 amide bonds. The van der Waals surface area contributed by atoms with E-state index in [-0.39, 0.29) is 30.2 Å². The van der Waals surface area contributed by atoms with Gasteiger partial charge in [-0.25, -0.2) is 0 Å². The summed E-state index contributed by atoms with van der Waals surface area (Å²) in [4.78, 5) is 31.3. The molecule has 212 valence electrons. The number of nitrogens with zero attached hydrogens (tertiary/aromatic N) is 3. The first-order valence-corrected chi connectivity index (χ1v) is 13.2. The number of nitrogens with two attached hydrogens (primary N) is 1. The van der Waals surface area contributed by atoms with Gasteiger partial charge in [0.2, 0.25) is 5.91 Å². The van der Waals surface area contributed by atoms with Crippen molar-refractivity contribution in [3.63, 3.8) is 0 Å². The van der Waals surface area contributed by atoms with Crippen LogP contribution in [0, 0.1) is 5.92 Å². The summed E-state index contributed by atoms with van der Waals surface area (Å²) in [5, 5.41) is 6.82. The second-order valence-corrected chi connectivity index (χ2v) is 10.2. The molecule has 2 aromatic carbocycles. The normalized spacial score (nSPS) is 17.4. The third kappa shape index (κ3) is 5.87. The van der Waals surface area contributed by atoms with Crippen molar-refractivity contribution >= 4 is 11.8 Å². The Labute approximate surface area is 228 Å². The number of carbonyl (C=O) groups is 2. The zero-order valence-electron chi connectivity index (χ0n) is 21.9. The smallest absolute Gasteiger partial charge is 0.380 e. The average Bonchev–Trinajstić information content (AvgIpc) is 3.42. The molecule has 3 heterocycles. The molecule has 1 aromatic heterocycles. The van der Waals surface area contributed by atoms with Gasteiger partial charge in [-0.05, 0) is 54.2 Å². The van der Waals surface area contributed by atoms with Gasteiger partial charge in [0.25, 0.3) is 0 Å². The van der Waals surface area contributed by atoms with Gasteiger partial charge in [0.15, 0.2) is 5.82 Å². The Hall–Kier alpha value is -3.77. The van der Waals surface area contributed by atoms with Gasteiger partial charge in [-0.3, -0.25) is 9.59 Å². The molecule has 5 rings (SSSR count). The lowest BCUT2D eigenvalue weighted by atomic mass is 9.94. The predicted molar refractivity (Wildman–Crippen MR) is 138 cm³/mol. The Balaban J connectivity index is 1.19. The monoisotopic (exact) mass is 557 g/mol. The quantitative estimate of drug-likeness (QED) is 0.449. The summed E-state index contributed by atoms with van der Waals surface area (Å²) in [7, 11) is 0. The van der Waals surface area contributed by atoms with Gasteiger partial charge in [-0.2, -0.15) is 18.2 Å². The van der Waals surface area contributed by atoms with Crippen LogP contribution in [0.2, 0.25) is 0 Å². The van der Waals surface area contributed by atoms with Gasteiger partial charge in [0, 0.05) is 25.6 Å². The van der Waals surface area contributed by atoms with Gasteiger partial charge in [0.1, 0.15) is 0 Å². The number of benzene rings is 2. The molecule has 9 nitrogen and oxygen atoms in total. The van der Waals surface area contributed by atoms with Crippen molar-refractivity contribution in [3.05, 3.63) is 70.9 Å². The number of amides is 2. The van der Waals surface area contributed by atoms with E-state index in [1.807, 2.05) is 4.90 Å². The summed E-state index contributed by atoms with van der Waals surface area (Å²) in [6.07, 6.45) is -3.10. The third-order valence-electron chi connectivity index (χ3n) is 7.52. The fourth-order valence-corrected chi connectivity index (χ4v) is 4.98. The Bertz CT molecular complexity index is 1360. The van der Waals surface area contributed by atoms with Gasteiger partial charge in [-0.15, -0.1) is 0 Å². The van der Waals surface area contributed by atoms with Crippen LogP contribution in [-0.2, 0) is 22.3 Å². The molecule has 40 heavy (non-hydrogen) atoms. The second kappa shape index (κ2) is 11.4. The third-order valence-corrected chi connectivity index (χ3v) is 7.52. The molecule has 0 bridgehead atoms. The molecule has 2 aliphatic rings. The van der Waals surface area contributed by atoms with Crippen LogP contribution in [0.3, 0.4) is 0 Å². The first kappa shape index (κ1) is 27.8. The lowest BCUT2D eigenvalue weighted by Gasteiger charge is -2.35. The zero-order chi connectivity index (χ0) is 28.4. The van der Waals surface area contributed by atoms with Gasteiger partial charge in [0.05, 0.1) is 30.7 Å². The molecular weight excluding hydrogens is 527 g/mol. The molecule has 2 fully saturated rings. The fourth-order valence-electron chi connectivity index (χ4n) is 4.98. The van der Waals surface area contributed by atoms with Crippen molar-refractivity contribution in [3.8, 4) is 11.1 Å². The number of ether oxygens (including phenoxy) is 1. The average molecular weight is 558 g/mol. The number of nitrogens with one attached hydrogen (secondary N) is 1.